The second-order valence-electron chi connectivity index (χ2n) is 3.83. The third-order valence-electron chi connectivity index (χ3n) is 1.97. The lowest BCUT2D eigenvalue weighted by Gasteiger charge is -2.20. The predicted molar refractivity (Wildman–Crippen MR) is 57.5 cm³/mol. The zero-order chi connectivity index (χ0) is 11.5. The smallest absolute Gasteiger partial charge is 0.312 e. The van der Waals surface area contributed by atoms with Crippen LogP contribution in [0, 0.1) is 5.41 Å². The number of methoxy groups -OCH3 is 1. The molecule has 1 aromatic heterocycles. The molecule has 1 aromatic rings. The van der Waals surface area contributed by atoms with Crippen LogP contribution in [0.4, 0.5) is 0 Å². The fourth-order valence-corrected chi connectivity index (χ4v) is 1.96. The van der Waals surface area contributed by atoms with Gasteiger partial charge in [-0.25, -0.2) is 9.67 Å². The summed E-state index contributed by atoms with van der Waals surface area (Å²) in [6.45, 7) is 3.70. The lowest BCUT2D eigenvalue weighted by molar-refractivity contribution is -0.149. The van der Waals surface area contributed by atoms with Crippen LogP contribution in [0.25, 0.3) is 0 Å². The monoisotopic (exact) mass is 229 g/mol. The summed E-state index contributed by atoms with van der Waals surface area (Å²) >= 11 is 1.49. The second-order valence-corrected chi connectivity index (χ2v) is 4.77. The fourth-order valence-electron chi connectivity index (χ4n) is 0.996. The number of aromatic nitrogens is 3. The van der Waals surface area contributed by atoms with E-state index in [-0.39, 0.29) is 5.97 Å². The summed E-state index contributed by atoms with van der Waals surface area (Å²) in [5.74, 6) is 0.406. The van der Waals surface area contributed by atoms with Crippen LogP contribution in [0.15, 0.2) is 11.5 Å². The minimum atomic E-state index is -0.509. The number of hydrogen-bond donors (Lipinski definition) is 0. The lowest BCUT2D eigenvalue weighted by atomic mass is 9.97. The van der Waals surface area contributed by atoms with Gasteiger partial charge in [-0.2, -0.15) is 5.10 Å². The molecule has 15 heavy (non-hydrogen) atoms. The van der Waals surface area contributed by atoms with Crippen LogP contribution in [0.3, 0.4) is 0 Å². The van der Waals surface area contributed by atoms with Crippen LogP contribution in [0.2, 0.25) is 0 Å². The Bertz CT molecular complexity index is 349. The number of esters is 1. The minimum Gasteiger partial charge on any atom is -0.469 e. The highest BCUT2D eigenvalue weighted by molar-refractivity contribution is 7.99. The van der Waals surface area contributed by atoms with E-state index in [2.05, 4.69) is 10.1 Å². The third kappa shape index (κ3) is 2.95. The highest BCUT2D eigenvalue weighted by atomic mass is 32.2. The van der Waals surface area contributed by atoms with Crippen LogP contribution in [-0.2, 0) is 16.6 Å². The highest BCUT2D eigenvalue weighted by Crippen LogP contribution is 2.26. The van der Waals surface area contributed by atoms with E-state index in [0.717, 1.165) is 5.16 Å². The van der Waals surface area contributed by atoms with Crippen molar-refractivity contribution in [2.24, 2.45) is 12.5 Å². The maximum absolute atomic E-state index is 11.4. The van der Waals surface area contributed by atoms with Gasteiger partial charge in [-0.3, -0.25) is 4.79 Å². The van der Waals surface area contributed by atoms with Crippen molar-refractivity contribution in [1.29, 1.82) is 0 Å². The van der Waals surface area contributed by atoms with Gasteiger partial charge in [0.1, 0.15) is 6.33 Å². The van der Waals surface area contributed by atoms with Crippen molar-refractivity contribution in [2.75, 3.05) is 12.9 Å². The number of carbonyl (C=O) groups excluding carboxylic acids is 1. The Balaban J connectivity index is 2.57. The van der Waals surface area contributed by atoms with E-state index in [1.165, 1.54) is 25.2 Å². The molecule has 5 nitrogen and oxygen atoms in total. The molecule has 0 spiro atoms. The molecular weight excluding hydrogens is 214 g/mol. The van der Waals surface area contributed by atoms with Gasteiger partial charge in [0, 0.05) is 12.8 Å². The molecular formula is C9H15N3O2S. The number of rotatable bonds is 4. The molecule has 0 bridgehead atoms. The van der Waals surface area contributed by atoms with Gasteiger partial charge in [0.25, 0.3) is 0 Å². The molecule has 0 amide bonds. The molecule has 0 saturated carbocycles. The van der Waals surface area contributed by atoms with Crippen molar-refractivity contribution in [3.8, 4) is 0 Å². The van der Waals surface area contributed by atoms with E-state index in [1.807, 2.05) is 20.9 Å². The average Bonchev–Trinajstić information content (AvgIpc) is 2.60. The third-order valence-corrected chi connectivity index (χ3v) is 3.46. The second kappa shape index (κ2) is 4.65. The van der Waals surface area contributed by atoms with Crippen LogP contribution in [0.5, 0.6) is 0 Å². The Kier molecular flexibility index (Phi) is 3.73. The number of nitrogens with zero attached hydrogens (tertiary/aromatic N) is 3. The number of thioether (sulfide) groups is 1. The molecule has 0 atom stereocenters. The number of hydrogen-bond acceptors (Lipinski definition) is 5. The van der Waals surface area contributed by atoms with Crippen molar-refractivity contribution in [3.05, 3.63) is 6.33 Å². The number of aryl methyl sites for hydroxylation is 1. The first-order valence-electron chi connectivity index (χ1n) is 4.52. The molecule has 0 aliphatic carbocycles. The van der Waals surface area contributed by atoms with E-state index in [4.69, 9.17) is 4.74 Å². The van der Waals surface area contributed by atoms with Crippen molar-refractivity contribution in [1.82, 2.24) is 14.8 Å². The molecule has 0 unspecified atom stereocenters. The molecule has 0 aromatic carbocycles. The van der Waals surface area contributed by atoms with Crippen molar-refractivity contribution < 1.29 is 9.53 Å². The van der Waals surface area contributed by atoms with Crippen molar-refractivity contribution >= 4 is 17.7 Å². The average molecular weight is 229 g/mol. The van der Waals surface area contributed by atoms with Crippen LogP contribution in [0.1, 0.15) is 13.8 Å². The summed E-state index contributed by atoms with van der Waals surface area (Å²) < 4.78 is 6.40. The Hall–Kier alpha value is -1.04. The van der Waals surface area contributed by atoms with E-state index >= 15 is 0 Å². The first kappa shape index (κ1) is 12.0. The summed E-state index contributed by atoms with van der Waals surface area (Å²) in [6, 6.07) is 0. The topological polar surface area (TPSA) is 57.0 Å². The molecule has 1 rings (SSSR count). The number of ether oxygens (including phenoxy) is 1. The summed E-state index contributed by atoms with van der Waals surface area (Å²) in [5.41, 5.74) is -0.509. The maximum atomic E-state index is 11.4. The van der Waals surface area contributed by atoms with E-state index in [9.17, 15) is 4.79 Å². The quantitative estimate of drug-likeness (QED) is 0.571. The highest BCUT2D eigenvalue weighted by Gasteiger charge is 2.29. The van der Waals surface area contributed by atoms with Gasteiger partial charge in [0.05, 0.1) is 12.5 Å². The van der Waals surface area contributed by atoms with Crippen LogP contribution < -0.4 is 0 Å². The molecule has 0 fully saturated rings. The summed E-state index contributed by atoms with van der Waals surface area (Å²) in [7, 11) is 3.22. The van der Waals surface area contributed by atoms with Gasteiger partial charge < -0.3 is 4.74 Å². The van der Waals surface area contributed by atoms with E-state index < -0.39 is 5.41 Å². The van der Waals surface area contributed by atoms with Gasteiger partial charge in [0.15, 0.2) is 5.16 Å². The van der Waals surface area contributed by atoms with Crippen LogP contribution >= 0.6 is 11.8 Å². The lowest BCUT2D eigenvalue weighted by Crippen LogP contribution is -2.28. The van der Waals surface area contributed by atoms with Gasteiger partial charge in [-0.05, 0) is 13.8 Å². The van der Waals surface area contributed by atoms with Gasteiger partial charge in [-0.15, -0.1) is 0 Å². The molecule has 1 heterocycles. The normalized spacial score (nSPS) is 11.5. The summed E-state index contributed by atoms with van der Waals surface area (Å²) in [6.07, 6.45) is 1.49. The Morgan fingerprint density at radius 2 is 2.33 bits per heavy atom. The van der Waals surface area contributed by atoms with Crippen molar-refractivity contribution in [3.63, 3.8) is 0 Å². The maximum Gasteiger partial charge on any atom is 0.312 e. The van der Waals surface area contributed by atoms with Crippen LogP contribution in [-0.4, -0.2) is 33.6 Å². The molecule has 0 N–H and O–H groups in total. The van der Waals surface area contributed by atoms with E-state index in [0.29, 0.717) is 5.75 Å². The zero-order valence-electron chi connectivity index (χ0n) is 9.35. The fraction of sp³-hybridized carbons (Fsp3) is 0.667. The van der Waals surface area contributed by atoms with Gasteiger partial charge in [-0.1, -0.05) is 11.8 Å². The minimum absolute atomic E-state index is 0.211. The Morgan fingerprint density at radius 1 is 1.67 bits per heavy atom. The SMILES string of the molecule is COC(=O)C(C)(C)CSc1ncnn1C. The zero-order valence-corrected chi connectivity index (χ0v) is 10.2. The van der Waals surface area contributed by atoms with E-state index in [1.54, 1.807) is 4.68 Å². The molecule has 6 heteroatoms. The number of carbonyl (C=O) groups is 1. The summed E-state index contributed by atoms with van der Waals surface area (Å²) in [5, 5.41) is 4.75. The Labute approximate surface area is 93.2 Å². The first-order chi connectivity index (χ1) is 6.97. The molecule has 84 valence electrons. The molecule has 0 aliphatic rings. The largest absolute Gasteiger partial charge is 0.469 e. The standard InChI is InChI=1S/C9H15N3O2S/c1-9(2,7(13)14-4)5-15-8-10-6-11-12(8)3/h6H,5H2,1-4H3. The molecule has 0 aliphatic heterocycles. The Morgan fingerprint density at radius 3 is 2.80 bits per heavy atom. The van der Waals surface area contributed by atoms with Gasteiger partial charge in [0.2, 0.25) is 0 Å². The van der Waals surface area contributed by atoms with Crippen molar-refractivity contribution in [2.45, 2.75) is 19.0 Å². The molecule has 0 saturated heterocycles. The predicted octanol–water partition coefficient (Wildman–Crippen LogP) is 1.11. The first-order valence-corrected chi connectivity index (χ1v) is 5.51. The molecule has 0 radical (unpaired) electrons. The van der Waals surface area contributed by atoms with Gasteiger partial charge >= 0.3 is 5.97 Å². The summed E-state index contributed by atoms with van der Waals surface area (Å²) in [4.78, 5) is 15.5.